The van der Waals surface area contributed by atoms with Crippen LogP contribution in [0, 0.1) is 0 Å². The standard InChI is InChI=1S/C18H26N4O3/c1-18(2,3)25-17(24)20(4)12-11-14-15(19)16(23)22(21(14)5)13-9-7-6-8-10-13/h6-10H,11-12,19H2,1-5H3. The summed E-state index contributed by atoms with van der Waals surface area (Å²) in [6.45, 7) is 5.85. The summed E-state index contributed by atoms with van der Waals surface area (Å²) in [5, 5.41) is 0. The van der Waals surface area contributed by atoms with E-state index in [1.807, 2.05) is 51.1 Å². The number of nitrogens with two attached hydrogens (primary N) is 1. The Hall–Kier alpha value is -2.70. The summed E-state index contributed by atoms with van der Waals surface area (Å²) in [4.78, 5) is 26.0. The number of rotatable bonds is 4. The van der Waals surface area contributed by atoms with Crippen LogP contribution in [0.2, 0.25) is 0 Å². The van der Waals surface area contributed by atoms with Crippen LogP contribution in [0.3, 0.4) is 0 Å². The highest BCUT2D eigenvalue weighted by atomic mass is 16.6. The first kappa shape index (κ1) is 18.6. The molecule has 1 heterocycles. The first-order valence-electron chi connectivity index (χ1n) is 8.17. The molecule has 1 aromatic carbocycles. The molecule has 0 fully saturated rings. The molecule has 0 aliphatic carbocycles. The van der Waals surface area contributed by atoms with Crippen LogP contribution in [0.25, 0.3) is 5.69 Å². The van der Waals surface area contributed by atoms with Gasteiger partial charge in [0, 0.05) is 27.1 Å². The molecule has 0 bridgehead atoms. The summed E-state index contributed by atoms with van der Waals surface area (Å²) in [5.74, 6) is 0. The molecule has 2 rings (SSSR count). The molecular weight excluding hydrogens is 320 g/mol. The highest BCUT2D eigenvalue weighted by molar-refractivity contribution is 5.67. The molecule has 0 saturated heterocycles. The molecule has 0 aliphatic rings. The Morgan fingerprint density at radius 2 is 1.84 bits per heavy atom. The lowest BCUT2D eigenvalue weighted by molar-refractivity contribution is 0.0300. The Balaban J connectivity index is 2.19. The van der Waals surface area contributed by atoms with Gasteiger partial charge >= 0.3 is 6.09 Å². The molecule has 0 aliphatic heterocycles. The second-order valence-electron chi connectivity index (χ2n) is 6.99. The van der Waals surface area contributed by atoms with Gasteiger partial charge in [0.05, 0.1) is 11.4 Å². The molecule has 7 nitrogen and oxygen atoms in total. The number of hydrogen-bond donors (Lipinski definition) is 1. The minimum absolute atomic E-state index is 0.198. The molecule has 2 N–H and O–H groups in total. The zero-order chi connectivity index (χ0) is 18.8. The van der Waals surface area contributed by atoms with E-state index in [2.05, 4.69) is 0 Å². The average molecular weight is 346 g/mol. The van der Waals surface area contributed by atoms with E-state index in [-0.39, 0.29) is 11.2 Å². The molecule has 0 spiro atoms. The van der Waals surface area contributed by atoms with Crippen LogP contribution >= 0.6 is 0 Å². The first-order valence-corrected chi connectivity index (χ1v) is 8.17. The number of para-hydroxylation sites is 1. The molecule has 7 heteroatoms. The van der Waals surface area contributed by atoms with Gasteiger partial charge in [-0.2, -0.15) is 0 Å². The van der Waals surface area contributed by atoms with Gasteiger partial charge < -0.3 is 15.4 Å². The Morgan fingerprint density at radius 3 is 2.40 bits per heavy atom. The molecule has 2 aromatic rings. The number of ether oxygens (including phenoxy) is 1. The van der Waals surface area contributed by atoms with E-state index in [1.165, 1.54) is 9.58 Å². The number of anilines is 1. The molecule has 0 atom stereocenters. The maximum absolute atomic E-state index is 12.5. The number of aromatic nitrogens is 2. The quantitative estimate of drug-likeness (QED) is 0.920. The number of carbonyl (C=O) groups is 1. The molecule has 25 heavy (non-hydrogen) atoms. The topological polar surface area (TPSA) is 82.5 Å². The van der Waals surface area contributed by atoms with Crippen LogP contribution in [-0.4, -0.2) is 39.6 Å². The van der Waals surface area contributed by atoms with Crippen molar-refractivity contribution in [3.63, 3.8) is 0 Å². The van der Waals surface area contributed by atoms with E-state index in [0.717, 1.165) is 5.69 Å². The fourth-order valence-electron chi connectivity index (χ4n) is 2.53. The van der Waals surface area contributed by atoms with Gasteiger partial charge in [0.2, 0.25) is 0 Å². The fraction of sp³-hybridized carbons (Fsp3) is 0.444. The Kier molecular flexibility index (Phi) is 5.25. The van der Waals surface area contributed by atoms with Gasteiger partial charge in [-0.05, 0) is 32.9 Å². The number of nitrogen functional groups attached to an aromatic ring is 1. The SMILES string of the molecule is CN(CCc1c(N)c(=O)n(-c2ccccc2)n1C)C(=O)OC(C)(C)C. The lowest BCUT2D eigenvalue weighted by Gasteiger charge is -2.24. The number of carbonyl (C=O) groups excluding carboxylic acids is 1. The summed E-state index contributed by atoms with van der Waals surface area (Å²) in [6.07, 6.45) is 0.0474. The Bertz CT molecular complexity index is 800. The molecule has 136 valence electrons. The van der Waals surface area contributed by atoms with Crippen molar-refractivity contribution in [1.82, 2.24) is 14.3 Å². The first-order chi connectivity index (χ1) is 11.6. The van der Waals surface area contributed by atoms with Crippen molar-refractivity contribution in [1.29, 1.82) is 0 Å². The summed E-state index contributed by atoms with van der Waals surface area (Å²) < 4.78 is 8.59. The summed E-state index contributed by atoms with van der Waals surface area (Å²) in [6, 6.07) is 9.30. The lowest BCUT2D eigenvalue weighted by Crippen LogP contribution is -2.35. The molecule has 0 saturated carbocycles. The minimum Gasteiger partial charge on any atom is -0.444 e. The van der Waals surface area contributed by atoms with Crippen molar-refractivity contribution in [3.8, 4) is 5.69 Å². The van der Waals surface area contributed by atoms with Crippen LogP contribution in [-0.2, 0) is 18.2 Å². The predicted molar refractivity (Wildman–Crippen MR) is 98.0 cm³/mol. The van der Waals surface area contributed by atoms with E-state index in [4.69, 9.17) is 10.5 Å². The van der Waals surface area contributed by atoms with Gasteiger partial charge in [-0.1, -0.05) is 18.2 Å². The van der Waals surface area contributed by atoms with Crippen LogP contribution < -0.4 is 11.3 Å². The summed E-state index contributed by atoms with van der Waals surface area (Å²) >= 11 is 0. The third-order valence-electron chi connectivity index (χ3n) is 3.81. The summed E-state index contributed by atoms with van der Waals surface area (Å²) in [7, 11) is 3.45. The predicted octanol–water partition coefficient (Wildman–Crippen LogP) is 2.17. The monoisotopic (exact) mass is 346 g/mol. The van der Waals surface area contributed by atoms with E-state index >= 15 is 0 Å². The molecule has 0 radical (unpaired) electrons. The normalized spacial score (nSPS) is 11.4. The van der Waals surface area contributed by atoms with Gasteiger partial charge in [-0.15, -0.1) is 0 Å². The van der Waals surface area contributed by atoms with Crippen molar-refractivity contribution in [2.24, 2.45) is 7.05 Å². The van der Waals surface area contributed by atoms with E-state index < -0.39 is 11.7 Å². The maximum atomic E-state index is 12.5. The highest BCUT2D eigenvalue weighted by Gasteiger charge is 2.21. The van der Waals surface area contributed by atoms with Crippen LogP contribution in [0.1, 0.15) is 26.5 Å². The second-order valence-corrected chi connectivity index (χ2v) is 6.99. The number of nitrogens with zero attached hydrogens (tertiary/aromatic N) is 3. The van der Waals surface area contributed by atoms with Crippen LogP contribution in [0.4, 0.5) is 10.5 Å². The average Bonchev–Trinajstić information content (AvgIpc) is 2.74. The maximum Gasteiger partial charge on any atom is 0.410 e. The van der Waals surface area contributed by atoms with Crippen LogP contribution in [0.15, 0.2) is 35.1 Å². The van der Waals surface area contributed by atoms with Crippen molar-refractivity contribution < 1.29 is 9.53 Å². The van der Waals surface area contributed by atoms with E-state index in [9.17, 15) is 9.59 Å². The zero-order valence-electron chi connectivity index (χ0n) is 15.4. The lowest BCUT2D eigenvalue weighted by atomic mass is 10.2. The summed E-state index contributed by atoms with van der Waals surface area (Å²) in [5.41, 5.74) is 6.84. The number of benzene rings is 1. The molecule has 1 amide bonds. The van der Waals surface area contributed by atoms with E-state index in [1.54, 1.807) is 18.8 Å². The van der Waals surface area contributed by atoms with Crippen molar-refractivity contribution in [2.75, 3.05) is 19.3 Å². The van der Waals surface area contributed by atoms with Gasteiger partial charge in [-0.25, -0.2) is 9.48 Å². The van der Waals surface area contributed by atoms with Crippen LogP contribution in [0.5, 0.6) is 0 Å². The van der Waals surface area contributed by atoms with Gasteiger partial charge in [0.1, 0.15) is 11.3 Å². The number of likely N-dealkylation sites (N-methyl/N-ethyl adjacent to an activating group) is 1. The van der Waals surface area contributed by atoms with Gasteiger partial charge in [0.15, 0.2) is 0 Å². The minimum atomic E-state index is -0.548. The molecular formula is C18H26N4O3. The highest BCUT2D eigenvalue weighted by Crippen LogP contribution is 2.14. The van der Waals surface area contributed by atoms with Crippen molar-refractivity contribution >= 4 is 11.8 Å². The Morgan fingerprint density at radius 1 is 1.24 bits per heavy atom. The fourth-order valence-corrected chi connectivity index (χ4v) is 2.53. The zero-order valence-corrected chi connectivity index (χ0v) is 15.4. The van der Waals surface area contributed by atoms with Gasteiger partial charge in [0.25, 0.3) is 5.56 Å². The molecule has 1 aromatic heterocycles. The van der Waals surface area contributed by atoms with Gasteiger partial charge in [-0.3, -0.25) is 9.48 Å². The molecule has 0 unspecified atom stereocenters. The van der Waals surface area contributed by atoms with Crippen molar-refractivity contribution in [2.45, 2.75) is 32.8 Å². The largest absolute Gasteiger partial charge is 0.444 e. The Labute approximate surface area is 147 Å². The van der Waals surface area contributed by atoms with Crippen molar-refractivity contribution in [3.05, 3.63) is 46.4 Å². The van der Waals surface area contributed by atoms with E-state index in [0.29, 0.717) is 18.7 Å². The number of amides is 1. The third-order valence-corrected chi connectivity index (χ3v) is 3.81. The second kappa shape index (κ2) is 7.04. The smallest absolute Gasteiger partial charge is 0.410 e. The number of hydrogen-bond acceptors (Lipinski definition) is 4. The third kappa shape index (κ3) is 4.23.